The van der Waals surface area contributed by atoms with E-state index in [1.807, 2.05) is 12.3 Å². The van der Waals surface area contributed by atoms with Crippen molar-refractivity contribution < 1.29 is 0 Å². The third-order valence-electron chi connectivity index (χ3n) is 3.49. The Morgan fingerprint density at radius 1 is 1.11 bits per heavy atom. The van der Waals surface area contributed by atoms with Gasteiger partial charge in [0.1, 0.15) is 5.82 Å². The number of nitrogens with zero attached hydrogens (tertiary/aromatic N) is 3. The van der Waals surface area contributed by atoms with Crippen LogP contribution in [0.1, 0.15) is 12.8 Å². The zero-order valence-electron chi connectivity index (χ0n) is 10.5. The SMILES string of the molecule is c1ccc2c(c1)Nc1nc(N3CCCC3)ncc1S2. The topological polar surface area (TPSA) is 41.1 Å². The van der Waals surface area contributed by atoms with Gasteiger partial charge in [-0.2, -0.15) is 4.98 Å². The van der Waals surface area contributed by atoms with Crippen LogP contribution in [0, 0.1) is 0 Å². The van der Waals surface area contributed by atoms with E-state index in [4.69, 9.17) is 0 Å². The smallest absolute Gasteiger partial charge is 0.227 e. The number of hydrogen-bond donors (Lipinski definition) is 1. The van der Waals surface area contributed by atoms with Crippen LogP contribution in [0.15, 0.2) is 40.3 Å². The molecule has 3 heterocycles. The highest BCUT2D eigenvalue weighted by Gasteiger charge is 2.20. The predicted molar refractivity (Wildman–Crippen MR) is 77.3 cm³/mol. The second-order valence-electron chi connectivity index (χ2n) is 4.80. The number of hydrogen-bond acceptors (Lipinski definition) is 5. The number of fused-ring (bicyclic) bond motifs is 2. The fourth-order valence-electron chi connectivity index (χ4n) is 2.50. The summed E-state index contributed by atoms with van der Waals surface area (Å²) in [6, 6.07) is 8.30. The van der Waals surface area contributed by atoms with E-state index in [9.17, 15) is 0 Å². The van der Waals surface area contributed by atoms with Crippen LogP contribution < -0.4 is 10.2 Å². The van der Waals surface area contributed by atoms with E-state index < -0.39 is 0 Å². The first-order valence-electron chi connectivity index (χ1n) is 6.56. The maximum absolute atomic E-state index is 4.68. The number of para-hydroxylation sites is 1. The lowest BCUT2D eigenvalue weighted by Crippen LogP contribution is -2.21. The first-order valence-corrected chi connectivity index (χ1v) is 7.38. The fourth-order valence-corrected chi connectivity index (χ4v) is 3.41. The number of aromatic nitrogens is 2. The lowest BCUT2D eigenvalue weighted by Gasteiger charge is -2.22. The number of anilines is 3. The molecule has 5 heteroatoms. The summed E-state index contributed by atoms with van der Waals surface area (Å²) in [5, 5.41) is 3.41. The number of rotatable bonds is 1. The molecule has 2 aliphatic heterocycles. The van der Waals surface area contributed by atoms with E-state index in [-0.39, 0.29) is 0 Å². The summed E-state index contributed by atoms with van der Waals surface area (Å²) < 4.78 is 0. The maximum atomic E-state index is 4.68. The summed E-state index contributed by atoms with van der Waals surface area (Å²) in [6.07, 6.45) is 4.42. The van der Waals surface area contributed by atoms with E-state index in [0.717, 1.165) is 35.4 Å². The zero-order chi connectivity index (χ0) is 12.7. The lowest BCUT2D eigenvalue weighted by molar-refractivity contribution is 0.890. The summed E-state index contributed by atoms with van der Waals surface area (Å²) in [6.45, 7) is 2.14. The van der Waals surface area contributed by atoms with Crippen molar-refractivity contribution >= 4 is 29.2 Å². The van der Waals surface area contributed by atoms with Crippen LogP contribution in [-0.4, -0.2) is 23.1 Å². The van der Waals surface area contributed by atoms with Crippen molar-refractivity contribution in [1.29, 1.82) is 0 Å². The molecule has 0 radical (unpaired) electrons. The average molecular weight is 270 g/mol. The van der Waals surface area contributed by atoms with Crippen molar-refractivity contribution in [2.24, 2.45) is 0 Å². The Morgan fingerprint density at radius 2 is 1.95 bits per heavy atom. The largest absolute Gasteiger partial charge is 0.341 e. The summed E-state index contributed by atoms with van der Waals surface area (Å²) in [5.74, 6) is 1.78. The van der Waals surface area contributed by atoms with Crippen molar-refractivity contribution in [3.05, 3.63) is 30.5 Å². The first-order chi connectivity index (χ1) is 9.40. The monoisotopic (exact) mass is 270 g/mol. The summed E-state index contributed by atoms with van der Waals surface area (Å²) in [7, 11) is 0. The quantitative estimate of drug-likeness (QED) is 0.735. The van der Waals surface area contributed by atoms with Crippen molar-refractivity contribution in [3.63, 3.8) is 0 Å². The molecule has 1 N–H and O–H groups in total. The van der Waals surface area contributed by atoms with Gasteiger partial charge < -0.3 is 10.2 Å². The van der Waals surface area contributed by atoms with Crippen LogP contribution in [0.4, 0.5) is 17.5 Å². The van der Waals surface area contributed by atoms with E-state index in [1.165, 1.54) is 17.7 Å². The minimum atomic E-state index is 0.851. The number of benzene rings is 1. The highest BCUT2D eigenvalue weighted by Crippen LogP contribution is 2.43. The second-order valence-corrected chi connectivity index (χ2v) is 5.88. The van der Waals surface area contributed by atoms with Gasteiger partial charge in [0.2, 0.25) is 5.95 Å². The summed E-state index contributed by atoms with van der Waals surface area (Å²) in [5.41, 5.74) is 1.13. The minimum absolute atomic E-state index is 0.851. The van der Waals surface area contributed by atoms with E-state index >= 15 is 0 Å². The molecule has 1 saturated heterocycles. The minimum Gasteiger partial charge on any atom is -0.341 e. The van der Waals surface area contributed by atoms with Gasteiger partial charge in [0.05, 0.1) is 10.6 Å². The van der Waals surface area contributed by atoms with Gasteiger partial charge in [-0.3, -0.25) is 0 Å². The Morgan fingerprint density at radius 3 is 2.84 bits per heavy atom. The van der Waals surface area contributed by atoms with Crippen LogP contribution in [0.25, 0.3) is 0 Å². The molecular weight excluding hydrogens is 256 g/mol. The Labute approximate surface area is 116 Å². The van der Waals surface area contributed by atoms with Crippen molar-refractivity contribution in [3.8, 4) is 0 Å². The molecule has 0 aliphatic carbocycles. The molecule has 1 aromatic heterocycles. The van der Waals surface area contributed by atoms with E-state index in [0.29, 0.717) is 0 Å². The Balaban J connectivity index is 1.70. The highest BCUT2D eigenvalue weighted by molar-refractivity contribution is 7.99. The molecular formula is C14H14N4S. The summed E-state index contributed by atoms with van der Waals surface area (Å²) in [4.78, 5) is 13.8. The molecule has 0 bridgehead atoms. The average Bonchev–Trinajstić information content (AvgIpc) is 2.98. The van der Waals surface area contributed by atoms with Gasteiger partial charge in [0, 0.05) is 24.2 Å². The Bertz CT molecular complexity index is 623. The van der Waals surface area contributed by atoms with Crippen molar-refractivity contribution in [1.82, 2.24) is 9.97 Å². The van der Waals surface area contributed by atoms with Gasteiger partial charge in [-0.1, -0.05) is 23.9 Å². The third-order valence-corrected chi connectivity index (χ3v) is 4.59. The molecule has 96 valence electrons. The van der Waals surface area contributed by atoms with E-state index in [2.05, 4.69) is 38.4 Å². The third kappa shape index (κ3) is 1.94. The van der Waals surface area contributed by atoms with Crippen LogP contribution in [0.2, 0.25) is 0 Å². The van der Waals surface area contributed by atoms with Gasteiger partial charge in [-0.05, 0) is 25.0 Å². The molecule has 2 aromatic rings. The zero-order valence-corrected chi connectivity index (χ0v) is 11.3. The van der Waals surface area contributed by atoms with Crippen LogP contribution in [0.5, 0.6) is 0 Å². The molecule has 4 nitrogen and oxygen atoms in total. The van der Waals surface area contributed by atoms with Crippen molar-refractivity contribution in [2.45, 2.75) is 22.6 Å². The van der Waals surface area contributed by atoms with E-state index in [1.54, 1.807) is 11.8 Å². The molecule has 0 saturated carbocycles. The highest BCUT2D eigenvalue weighted by atomic mass is 32.2. The van der Waals surface area contributed by atoms with Gasteiger partial charge in [0.15, 0.2) is 0 Å². The van der Waals surface area contributed by atoms with Crippen LogP contribution in [0.3, 0.4) is 0 Å². The molecule has 0 amide bonds. The molecule has 0 unspecified atom stereocenters. The molecule has 0 spiro atoms. The predicted octanol–water partition coefficient (Wildman–Crippen LogP) is 3.29. The van der Waals surface area contributed by atoms with Gasteiger partial charge in [-0.25, -0.2) is 4.98 Å². The molecule has 1 fully saturated rings. The molecule has 0 atom stereocenters. The standard InChI is InChI=1S/C14H14N4S/c1-2-6-11-10(5-1)16-13-12(19-11)9-15-14(17-13)18-7-3-4-8-18/h1-2,5-6,9H,3-4,7-8H2,(H,15,16,17). The van der Waals surface area contributed by atoms with Crippen LogP contribution >= 0.6 is 11.8 Å². The molecule has 1 aromatic carbocycles. The fraction of sp³-hybridized carbons (Fsp3) is 0.286. The first kappa shape index (κ1) is 11.1. The van der Waals surface area contributed by atoms with Crippen molar-refractivity contribution in [2.75, 3.05) is 23.3 Å². The number of nitrogens with one attached hydrogen (secondary N) is 1. The summed E-state index contributed by atoms with van der Waals surface area (Å²) >= 11 is 1.73. The molecule has 19 heavy (non-hydrogen) atoms. The molecule has 4 rings (SSSR count). The van der Waals surface area contributed by atoms with Gasteiger partial charge >= 0.3 is 0 Å². The Hall–Kier alpha value is -1.75. The Kier molecular flexibility index (Phi) is 2.58. The van der Waals surface area contributed by atoms with Gasteiger partial charge in [0.25, 0.3) is 0 Å². The normalized spacial score (nSPS) is 16.7. The second kappa shape index (κ2) is 4.42. The van der Waals surface area contributed by atoms with Crippen LogP contribution in [-0.2, 0) is 0 Å². The van der Waals surface area contributed by atoms with Gasteiger partial charge in [-0.15, -0.1) is 0 Å². The molecule has 2 aliphatic rings. The maximum Gasteiger partial charge on any atom is 0.227 e. The lowest BCUT2D eigenvalue weighted by atomic mass is 10.3.